The summed E-state index contributed by atoms with van der Waals surface area (Å²) in [7, 11) is 1.93. The number of rotatable bonds is 6. The van der Waals surface area contributed by atoms with Gasteiger partial charge in [0.25, 0.3) is 5.91 Å². The number of carbonyl (C=O) groups is 1. The zero-order chi connectivity index (χ0) is 24.8. The Morgan fingerprint density at radius 3 is 2.79 bits per heavy atom. The Kier molecular flexibility index (Phi) is 8.61. The van der Waals surface area contributed by atoms with Crippen LogP contribution in [0.1, 0.15) is 42.3 Å². The topological polar surface area (TPSA) is 86.1 Å². The molecule has 2 N–H and O–H groups in total. The molecule has 34 heavy (non-hydrogen) atoms. The smallest absolute Gasteiger partial charge is 0.259 e. The third-order valence-corrected chi connectivity index (χ3v) is 5.78. The van der Waals surface area contributed by atoms with Gasteiger partial charge in [0.05, 0.1) is 12.6 Å². The molecule has 0 spiro atoms. The molecule has 0 unspecified atom stereocenters. The number of aromatic nitrogens is 1. The van der Waals surface area contributed by atoms with Crippen LogP contribution >= 0.6 is 0 Å². The minimum Gasteiger partial charge on any atom is -0.472 e. The second-order valence-corrected chi connectivity index (χ2v) is 8.97. The number of halogens is 1. The van der Waals surface area contributed by atoms with Gasteiger partial charge in [-0.05, 0) is 44.7 Å². The quantitative estimate of drug-likeness (QED) is 0.632. The fourth-order valence-electron chi connectivity index (χ4n) is 3.90. The molecule has 1 amide bonds. The molecule has 2 aromatic rings. The number of aliphatic hydroxyl groups excluding tert-OH is 2. The fraction of sp³-hybridized carbons (Fsp3) is 0.462. The summed E-state index contributed by atoms with van der Waals surface area (Å²) in [5.41, 5.74) is 1.61. The molecule has 0 saturated heterocycles. The molecular weight excluding hydrogens is 437 g/mol. The van der Waals surface area contributed by atoms with Crippen LogP contribution in [0, 0.1) is 23.6 Å². The van der Waals surface area contributed by atoms with Gasteiger partial charge in [0.1, 0.15) is 23.6 Å². The van der Waals surface area contributed by atoms with Crippen LogP contribution < -0.4 is 4.74 Å². The van der Waals surface area contributed by atoms with E-state index in [9.17, 15) is 19.4 Å². The van der Waals surface area contributed by atoms with E-state index in [4.69, 9.17) is 4.74 Å². The first kappa shape index (κ1) is 25.6. The molecule has 4 atom stereocenters. The highest BCUT2D eigenvalue weighted by atomic mass is 19.1. The zero-order valence-corrected chi connectivity index (χ0v) is 20.0. The standard InChI is InChI=1S/C26H32FN3O4/c1-17-13-30(18(2)16-31)26(33)23-11-20(9-8-19(3)32)12-28-25(23)34-24(17)15-29(4)14-21-6-5-7-22(27)10-21/h5-7,10-12,17-19,24,31-32H,13-16H2,1-4H3/t17-,18+,19+,24-/m1/s1. The van der Waals surface area contributed by atoms with E-state index in [1.54, 1.807) is 30.9 Å². The predicted octanol–water partition coefficient (Wildman–Crippen LogP) is 2.31. The summed E-state index contributed by atoms with van der Waals surface area (Å²) in [5.74, 6) is 5.05. The lowest BCUT2D eigenvalue weighted by Crippen LogP contribution is -2.49. The molecule has 1 aliphatic rings. The number of hydrogen-bond acceptors (Lipinski definition) is 6. The van der Waals surface area contributed by atoms with Gasteiger partial charge in [-0.2, -0.15) is 0 Å². The highest BCUT2D eigenvalue weighted by Gasteiger charge is 2.34. The maximum absolute atomic E-state index is 13.6. The van der Waals surface area contributed by atoms with Gasteiger partial charge < -0.3 is 19.8 Å². The normalized spacial score (nSPS) is 19.9. The molecule has 0 saturated carbocycles. The number of amides is 1. The molecule has 0 aliphatic carbocycles. The van der Waals surface area contributed by atoms with Crippen molar-refractivity contribution >= 4 is 5.91 Å². The Balaban J connectivity index is 1.90. The van der Waals surface area contributed by atoms with Crippen molar-refractivity contribution in [2.45, 2.75) is 45.6 Å². The summed E-state index contributed by atoms with van der Waals surface area (Å²) in [4.78, 5) is 21.4. The first-order valence-corrected chi connectivity index (χ1v) is 11.4. The largest absolute Gasteiger partial charge is 0.472 e. The van der Waals surface area contributed by atoms with E-state index in [1.165, 1.54) is 18.3 Å². The molecule has 1 aromatic heterocycles. The number of carbonyl (C=O) groups excluding carboxylic acids is 1. The Bertz CT molecular complexity index is 1070. The van der Waals surface area contributed by atoms with E-state index in [-0.39, 0.29) is 41.8 Å². The van der Waals surface area contributed by atoms with Crippen LogP contribution in [0.15, 0.2) is 36.5 Å². The number of nitrogens with zero attached hydrogens (tertiary/aromatic N) is 3. The van der Waals surface area contributed by atoms with Crippen LogP contribution in [-0.2, 0) is 6.54 Å². The summed E-state index contributed by atoms with van der Waals surface area (Å²) in [6.07, 6.45) is 0.403. The second kappa shape index (κ2) is 11.4. The van der Waals surface area contributed by atoms with E-state index in [2.05, 4.69) is 16.8 Å². The van der Waals surface area contributed by atoms with Gasteiger partial charge in [0.15, 0.2) is 0 Å². The van der Waals surface area contributed by atoms with Gasteiger partial charge in [-0.3, -0.25) is 9.69 Å². The van der Waals surface area contributed by atoms with Crippen LogP contribution in [0.25, 0.3) is 0 Å². The third-order valence-electron chi connectivity index (χ3n) is 5.78. The van der Waals surface area contributed by atoms with Gasteiger partial charge in [0.2, 0.25) is 5.88 Å². The maximum atomic E-state index is 13.6. The lowest BCUT2D eigenvalue weighted by Gasteiger charge is -2.37. The van der Waals surface area contributed by atoms with Crippen molar-refractivity contribution in [2.75, 3.05) is 26.7 Å². The Labute approximate surface area is 200 Å². The third kappa shape index (κ3) is 6.54. The van der Waals surface area contributed by atoms with Crippen molar-refractivity contribution < 1.29 is 24.1 Å². The van der Waals surface area contributed by atoms with Crippen LogP contribution in [0.4, 0.5) is 4.39 Å². The van der Waals surface area contributed by atoms with Crippen molar-refractivity contribution in [3.05, 3.63) is 59.0 Å². The number of fused-ring (bicyclic) bond motifs is 1. The molecule has 2 heterocycles. The first-order valence-electron chi connectivity index (χ1n) is 11.4. The lowest BCUT2D eigenvalue weighted by atomic mass is 9.99. The van der Waals surface area contributed by atoms with E-state index in [0.717, 1.165) is 5.56 Å². The molecular formula is C26H32FN3O4. The predicted molar refractivity (Wildman–Crippen MR) is 127 cm³/mol. The number of benzene rings is 1. The SMILES string of the molecule is C[C@H](O)C#Cc1cnc2c(c1)C(=O)N([C@@H](C)CO)C[C@@H](C)[C@@H](CN(C)Cc1cccc(F)c1)O2. The number of hydrogen-bond donors (Lipinski definition) is 2. The summed E-state index contributed by atoms with van der Waals surface area (Å²) < 4.78 is 19.8. The highest BCUT2D eigenvalue weighted by Crippen LogP contribution is 2.27. The highest BCUT2D eigenvalue weighted by molar-refractivity contribution is 5.97. The maximum Gasteiger partial charge on any atom is 0.259 e. The molecule has 1 aliphatic heterocycles. The van der Waals surface area contributed by atoms with Gasteiger partial charge in [-0.1, -0.05) is 30.9 Å². The minimum atomic E-state index is -0.807. The van der Waals surface area contributed by atoms with Crippen LogP contribution in [-0.4, -0.2) is 75.9 Å². The molecule has 3 rings (SSSR count). The Morgan fingerprint density at radius 2 is 2.12 bits per heavy atom. The van der Waals surface area contributed by atoms with Crippen molar-refractivity contribution in [3.8, 4) is 17.7 Å². The molecule has 1 aromatic carbocycles. The van der Waals surface area contributed by atoms with E-state index in [1.807, 2.05) is 24.9 Å². The summed E-state index contributed by atoms with van der Waals surface area (Å²) in [6.45, 7) is 6.63. The number of pyridine rings is 1. The average Bonchev–Trinajstić information content (AvgIpc) is 2.79. The van der Waals surface area contributed by atoms with Crippen LogP contribution in [0.5, 0.6) is 5.88 Å². The Morgan fingerprint density at radius 1 is 1.35 bits per heavy atom. The van der Waals surface area contributed by atoms with Gasteiger partial charge >= 0.3 is 0 Å². The number of likely N-dealkylation sites (N-methyl/N-ethyl adjacent to an activating group) is 1. The molecule has 182 valence electrons. The zero-order valence-electron chi connectivity index (χ0n) is 20.0. The van der Waals surface area contributed by atoms with Crippen molar-refractivity contribution in [3.63, 3.8) is 0 Å². The molecule has 0 fully saturated rings. The van der Waals surface area contributed by atoms with Crippen LogP contribution in [0.2, 0.25) is 0 Å². The molecule has 0 radical (unpaired) electrons. The summed E-state index contributed by atoms with van der Waals surface area (Å²) in [5, 5.41) is 19.2. The lowest BCUT2D eigenvalue weighted by molar-refractivity contribution is 0.0325. The summed E-state index contributed by atoms with van der Waals surface area (Å²) in [6, 6.07) is 7.71. The van der Waals surface area contributed by atoms with Crippen molar-refractivity contribution in [1.82, 2.24) is 14.8 Å². The molecule has 7 nitrogen and oxygen atoms in total. The van der Waals surface area contributed by atoms with E-state index in [0.29, 0.717) is 25.2 Å². The van der Waals surface area contributed by atoms with E-state index >= 15 is 0 Å². The summed E-state index contributed by atoms with van der Waals surface area (Å²) >= 11 is 0. The van der Waals surface area contributed by atoms with Gasteiger partial charge in [0, 0.05) is 37.3 Å². The number of aliphatic hydroxyl groups is 2. The first-order chi connectivity index (χ1) is 16.2. The second-order valence-electron chi connectivity index (χ2n) is 8.97. The minimum absolute atomic E-state index is 0.0578. The monoisotopic (exact) mass is 469 g/mol. The molecule has 0 bridgehead atoms. The van der Waals surface area contributed by atoms with Crippen molar-refractivity contribution in [2.24, 2.45) is 5.92 Å². The van der Waals surface area contributed by atoms with Gasteiger partial charge in [-0.25, -0.2) is 9.37 Å². The fourth-order valence-corrected chi connectivity index (χ4v) is 3.90. The average molecular weight is 470 g/mol. The molecule has 8 heteroatoms. The van der Waals surface area contributed by atoms with Crippen molar-refractivity contribution in [1.29, 1.82) is 0 Å². The van der Waals surface area contributed by atoms with Crippen LogP contribution in [0.3, 0.4) is 0 Å². The Hall–Kier alpha value is -2.99. The van der Waals surface area contributed by atoms with Gasteiger partial charge in [-0.15, -0.1) is 0 Å². The van der Waals surface area contributed by atoms with E-state index < -0.39 is 12.1 Å². The number of ether oxygens (including phenoxy) is 1.